The van der Waals surface area contributed by atoms with E-state index in [9.17, 15) is 4.79 Å². The lowest BCUT2D eigenvalue weighted by Gasteiger charge is -2.45. The predicted molar refractivity (Wildman–Crippen MR) is 125 cm³/mol. The summed E-state index contributed by atoms with van der Waals surface area (Å²) in [5, 5.41) is 7.37. The third-order valence-electron chi connectivity index (χ3n) is 6.60. The van der Waals surface area contributed by atoms with Crippen molar-refractivity contribution in [1.82, 2.24) is 19.7 Å². The first kappa shape index (κ1) is 21.5. The summed E-state index contributed by atoms with van der Waals surface area (Å²) in [6.07, 6.45) is 5.53. The number of benzene rings is 1. The fourth-order valence-corrected chi connectivity index (χ4v) is 4.98. The number of rotatable bonds is 5. The van der Waals surface area contributed by atoms with Gasteiger partial charge in [-0.05, 0) is 48.6 Å². The van der Waals surface area contributed by atoms with Crippen LogP contribution in [0, 0.1) is 5.41 Å². The molecular formula is C25H29N5O3. The second-order valence-corrected chi connectivity index (χ2v) is 9.36. The first-order valence-corrected chi connectivity index (χ1v) is 11.3. The quantitative estimate of drug-likeness (QED) is 0.640. The molecule has 2 aliphatic heterocycles. The summed E-state index contributed by atoms with van der Waals surface area (Å²) in [5.41, 5.74) is 3.50. The molecule has 1 atom stereocenters. The molecule has 0 bridgehead atoms. The van der Waals surface area contributed by atoms with Crippen molar-refractivity contribution < 1.29 is 14.3 Å². The minimum atomic E-state index is -0.289. The highest BCUT2D eigenvalue weighted by molar-refractivity contribution is 5.95. The molecular weight excluding hydrogens is 418 g/mol. The summed E-state index contributed by atoms with van der Waals surface area (Å²) >= 11 is 0. The van der Waals surface area contributed by atoms with Crippen LogP contribution >= 0.6 is 0 Å². The van der Waals surface area contributed by atoms with Gasteiger partial charge in [-0.25, -0.2) is 0 Å². The lowest BCUT2D eigenvalue weighted by molar-refractivity contribution is -0.128. The third-order valence-corrected chi connectivity index (χ3v) is 6.60. The lowest BCUT2D eigenvalue weighted by atomic mass is 9.75. The largest absolute Gasteiger partial charge is 0.453 e. The van der Waals surface area contributed by atoms with Crippen molar-refractivity contribution >= 4 is 11.6 Å². The van der Waals surface area contributed by atoms with Crippen LogP contribution in [0.25, 0.3) is 11.3 Å². The number of likely N-dealkylation sites (tertiary alicyclic amines) is 1. The molecule has 1 amide bonds. The van der Waals surface area contributed by atoms with E-state index in [4.69, 9.17) is 9.47 Å². The maximum atomic E-state index is 13.5. The monoisotopic (exact) mass is 447 g/mol. The van der Waals surface area contributed by atoms with Crippen LogP contribution < -0.4 is 14.8 Å². The molecule has 33 heavy (non-hydrogen) atoms. The van der Waals surface area contributed by atoms with Crippen molar-refractivity contribution in [2.75, 3.05) is 18.7 Å². The van der Waals surface area contributed by atoms with Gasteiger partial charge in [-0.1, -0.05) is 26.0 Å². The van der Waals surface area contributed by atoms with Gasteiger partial charge in [0.1, 0.15) is 5.69 Å². The van der Waals surface area contributed by atoms with E-state index in [1.165, 1.54) is 0 Å². The van der Waals surface area contributed by atoms with E-state index < -0.39 is 0 Å². The first-order valence-electron chi connectivity index (χ1n) is 11.3. The van der Waals surface area contributed by atoms with Crippen LogP contribution in [0.2, 0.25) is 0 Å². The molecule has 1 saturated heterocycles. The number of hydrogen-bond donors (Lipinski definition) is 1. The number of anilines is 1. The van der Waals surface area contributed by atoms with Gasteiger partial charge in [0.2, 0.25) is 12.7 Å². The van der Waals surface area contributed by atoms with Crippen molar-refractivity contribution in [3.05, 3.63) is 54.5 Å². The second-order valence-electron chi connectivity index (χ2n) is 9.36. The summed E-state index contributed by atoms with van der Waals surface area (Å²) < 4.78 is 13.0. The molecule has 1 unspecified atom stereocenters. The van der Waals surface area contributed by atoms with Crippen molar-refractivity contribution in [3.8, 4) is 22.8 Å². The SMILES string of the molecule is Cn1nccc1-c1ccc(NC(=O)C2N(Cc3nccc4c3OCO4)CCCC2(C)C)cc1. The number of aryl methyl sites for hydroxylation is 1. The zero-order valence-electron chi connectivity index (χ0n) is 19.2. The average Bonchev–Trinajstić information content (AvgIpc) is 3.43. The van der Waals surface area contributed by atoms with E-state index in [1.807, 2.05) is 48.1 Å². The number of carbonyl (C=O) groups is 1. The Morgan fingerprint density at radius 3 is 2.73 bits per heavy atom. The maximum Gasteiger partial charge on any atom is 0.242 e. The second kappa shape index (κ2) is 8.51. The van der Waals surface area contributed by atoms with Gasteiger partial charge in [-0.3, -0.25) is 19.4 Å². The normalized spacial score (nSPS) is 19.4. The standard InChI is InChI=1S/C25H29N5O3/c1-25(2)11-4-14-30(15-19-22-21(10-12-26-19)32-16-33-22)23(25)24(31)28-18-7-5-17(6-8-18)20-9-13-27-29(20)3/h5-10,12-13,23H,4,11,14-16H2,1-3H3,(H,28,31). The minimum Gasteiger partial charge on any atom is -0.453 e. The predicted octanol–water partition coefficient (Wildman–Crippen LogP) is 3.84. The minimum absolute atomic E-state index is 0.00210. The summed E-state index contributed by atoms with van der Waals surface area (Å²) in [6, 6.07) is 11.4. The molecule has 0 aliphatic carbocycles. The van der Waals surface area contributed by atoms with Gasteiger partial charge in [0.05, 0.1) is 11.7 Å². The summed E-state index contributed by atoms with van der Waals surface area (Å²) in [5.74, 6) is 1.40. The number of ether oxygens (including phenoxy) is 2. The van der Waals surface area contributed by atoms with Gasteiger partial charge >= 0.3 is 0 Å². The Kier molecular flexibility index (Phi) is 5.54. The Balaban J connectivity index is 1.35. The molecule has 1 aromatic carbocycles. The number of fused-ring (bicyclic) bond motifs is 1. The fraction of sp³-hybridized carbons (Fsp3) is 0.400. The van der Waals surface area contributed by atoms with Gasteiger partial charge in [-0.2, -0.15) is 5.10 Å². The van der Waals surface area contributed by atoms with Crippen molar-refractivity contribution in [1.29, 1.82) is 0 Å². The Hall–Kier alpha value is -3.39. The summed E-state index contributed by atoms with van der Waals surface area (Å²) in [7, 11) is 1.92. The Morgan fingerprint density at radius 2 is 1.97 bits per heavy atom. The van der Waals surface area contributed by atoms with Crippen molar-refractivity contribution in [2.24, 2.45) is 12.5 Å². The molecule has 1 N–H and O–H groups in total. The number of amides is 1. The molecule has 0 spiro atoms. The molecule has 8 heteroatoms. The number of nitrogens with zero attached hydrogens (tertiary/aromatic N) is 4. The molecule has 4 heterocycles. The van der Waals surface area contributed by atoms with Crippen molar-refractivity contribution in [3.63, 3.8) is 0 Å². The number of hydrogen-bond acceptors (Lipinski definition) is 6. The number of piperidine rings is 1. The zero-order valence-corrected chi connectivity index (χ0v) is 19.2. The van der Waals surface area contributed by atoms with Crippen LogP contribution in [0.1, 0.15) is 32.4 Å². The van der Waals surface area contributed by atoms with Crippen LogP contribution in [0.4, 0.5) is 5.69 Å². The van der Waals surface area contributed by atoms with E-state index in [0.29, 0.717) is 18.0 Å². The van der Waals surface area contributed by atoms with E-state index >= 15 is 0 Å². The smallest absolute Gasteiger partial charge is 0.242 e. The van der Waals surface area contributed by atoms with E-state index in [0.717, 1.165) is 42.0 Å². The topological polar surface area (TPSA) is 81.5 Å². The van der Waals surface area contributed by atoms with Crippen LogP contribution in [0.5, 0.6) is 11.5 Å². The van der Waals surface area contributed by atoms with Crippen LogP contribution in [0.3, 0.4) is 0 Å². The number of pyridine rings is 1. The molecule has 1 fully saturated rings. The van der Waals surface area contributed by atoms with Gasteiger partial charge in [-0.15, -0.1) is 0 Å². The zero-order chi connectivity index (χ0) is 23.0. The van der Waals surface area contributed by atoms with Gasteiger partial charge < -0.3 is 14.8 Å². The number of aromatic nitrogens is 3. The number of nitrogens with one attached hydrogen (secondary N) is 1. The highest BCUT2D eigenvalue weighted by Gasteiger charge is 2.42. The van der Waals surface area contributed by atoms with Gasteiger partial charge in [0, 0.05) is 37.7 Å². The molecule has 0 saturated carbocycles. The van der Waals surface area contributed by atoms with Crippen LogP contribution in [-0.2, 0) is 18.4 Å². The molecule has 8 nitrogen and oxygen atoms in total. The molecule has 5 rings (SSSR count). The Bertz CT molecular complexity index is 1160. The van der Waals surface area contributed by atoms with Crippen LogP contribution in [0.15, 0.2) is 48.8 Å². The Labute approximate surface area is 193 Å². The van der Waals surface area contributed by atoms with E-state index in [2.05, 4.69) is 34.1 Å². The maximum absolute atomic E-state index is 13.5. The van der Waals surface area contributed by atoms with E-state index in [-0.39, 0.29) is 24.2 Å². The van der Waals surface area contributed by atoms with Gasteiger partial charge in [0.15, 0.2) is 11.5 Å². The molecule has 0 radical (unpaired) electrons. The van der Waals surface area contributed by atoms with Crippen molar-refractivity contribution in [2.45, 2.75) is 39.3 Å². The fourth-order valence-electron chi connectivity index (χ4n) is 4.98. The molecule has 172 valence electrons. The lowest BCUT2D eigenvalue weighted by Crippen LogP contribution is -2.55. The average molecular weight is 448 g/mol. The van der Waals surface area contributed by atoms with E-state index in [1.54, 1.807) is 12.4 Å². The highest BCUT2D eigenvalue weighted by atomic mass is 16.7. The molecule has 3 aromatic rings. The molecule has 2 aromatic heterocycles. The highest BCUT2D eigenvalue weighted by Crippen LogP contribution is 2.39. The first-order chi connectivity index (χ1) is 15.9. The third kappa shape index (κ3) is 4.18. The summed E-state index contributed by atoms with van der Waals surface area (Å²) in [4.78, 5) is 20.3. The van der Waals surface area contributed by atoms with Gasteiger partial charge in [0.25, 0.3) is 0 Å². The Morgan fingerprint density at radius 1 is 1.15 bits per heavy atom. The summed E-state index contributed by atoms with van der Waals surface area (Å²) in [6.45, 7) is 5.90. The van der Waals surface area contributed by atoms with Crippen LogP contribution in [-0.4, -0.2) is 45.0 Å². The molecule has 2 aliphatic rings. The number of carbonyl (C=O) groups excluding carboxylic acids is 1.